The molecule has 23 heavy (non-hydrogen) atoms. The minimum atomic E-state index is -0.222. The fraction of sp³-hybridized carbons (Fsp3) is 0.529. The average Bonchev–Trinajstić information content (AvgIpc) is 2.59. The van der Waals surface area contributed by atoms with Crippen molar-refractivity contribution >= 4 is 11.8 Å². The molecular formula is C17H26N3O3+. The number of methoxy groups -OCH3 is 1. The van der Waals surface area contributed by atoms with Crippen LogP contribution in [0.25, 0.3) is 0 Å². The van der Waals surface area contributed by atoms with Gasteiger partial charge in [0.05, 0.1) is 20.2 Å². The number of primary amides is 1. The topological polar surface area (TPSA) is 85.9 Å². The monoisotopic (exact) mass is 320 g/mol. The molecule has 1 saturated heterocycles. The molecule has 1 aliphatic heterocycles. The molecule has 0 bridgehead atoms. The van der Waals surface area contributed by atoms with Gasteiger partial charge in [0.25, 0.3) is 5.91 Å². The Bertz CT molecular complexity index is 537. The third kappa shape index (κ3) is 4.69. The van der Waals surface area contributed by atoms with Crippen molar-refractivity contribution in [1.82, 2.24) is 5.32 Å². The maximum Gasteiger partial charge on any atom is 0.278 e. The maximum absolute atomic E-state index is 12.3. The second-order valence-electron chi connectivity index (χ2n) is 6.12. The van der Waals surface area contributed by atoms with Gasteiger partial charge in [0.2, 0.25) is 5.91 Å². The number of rotatable bonds is 6. The highest BCUT2D eigenvalue weighted by molar-refractivity contribution is 5.80. The van der Waals surface area contributed by atoms with Gasteiger partial charge in [0.1, 0.15) is 5.75 Å². The number of quaternary nitrogens is 1. The zero-order valence-corrected chi connectivity index (χ0v) is 13.8. The molecule has 2 rings (SSSR count). The second-order valence-corrected chi connectivity index (χ2v) is 6.12. The van der Waals surface area contributed by atoms with Crippen LogP contribution in [0.15, 0.2) is 24.3 Å². The van der Waals surface area contributed by atoms with E-state index in [-0.39, 0.29) is 23.8 Å². The number of likely N-dealkylation sites (tertiary alicyclic amines) is 1. The Labute approximate surface area is 137 Å². The molecule has 1 aromatic rings. The first-order chi connectivity index (χ1) is 11.0. The normalized spacial score (nSPS) is 22.2. The van der Waals surface area contributed by atoms with Crippen LogP contribution in [0.1, 0.15) is 25.3 Å². The Morgan fingerprint density at radius 1 is 1.30 bits per heavy atom. The number of carbonyl (C=O) groups is 2. The molecule has 6 heteroatoms. The van der Waals surface area contributed by atoms with E-state index < -0.39 is 0 Å². The zero-order valence-electron chi connectivity index (χ0n) is 13.8. The van der Waals surface area contributed by atoms with E-state index in [2.05, 4.69) is 5.32 Å². The number of hydrogen-bond donors (Lipinski definition) is 3. The van der Waals surface area contributed by atoms with Crippen molar-refractivity contribution in [2.45, 2.75) is 32.4 Å². The Hall–Kier alpha value is -2.08. The van der Waals surface area contributed by atoms with Gasteiger partial charge >= 0.3 is 0 Å². The number of nitrogens with two attached hydrogens (primary N) is 1. The van der Waals surface area contributed by atoms with Crippen LogP contribution in [0.4, 0.5) is 0 Å². The quantitative estimate of drug-likeness (QED) is 0.659. The Kier molecular flexibility index (Phi) is 5.98. The van der Waals surface area contributed by atoms with Gasteiger partial charge in [-0.15, -0.1) is 0 Å². The summed E-state index contributed by atoms with van der Waals surface area (Å²) in [5.41, 5.74) is 6.38. The van der Waals surface area contributed by atoms with Gasteiger partial charge in [-0.05, 0) is 24.6 Å². The largest absolute Gasteiger partial charge is 0.497 e. The van der Waals surface area contributed by atoms with Crippen molar-refractivity contribution < 1.29 is 19.2 Å². The van der Waals surface area contributed by atoms with Crippen LogP contribution in [0.3, 0.4) is 0 Å². The summed E-state index contributed by atoms with van der Waals surface area (Å²) in [6, 6.07) is 7.52. The lowest BCUT2D eigenvalue weighted by atomic mass is 9.95. The molecular weight excluding hydrogens is 294 g/mol. The lowest BCUT2D eigenvalue weighted by Crippen LogP contribution is -3.17. The summed E-state index contributed by atoms with van der Waals surface area (Å²) in [5, 5.41) is 2.98. The highest BCUT2D eigenvalue weighted by atomic mass is 16.5. The highest BCUT2D eigenvalue weighted by Crippen LogP contribution is 2.11. The van der Waals surface area contributed by atoms with E-state index in [9.17, 15) is 9.59 Å². The number of hydrogen-bond acceptors (Lipinski definition) is 3. The van der Waals surface area contributed by atoms with E-state index in [1.165, 1.54) is 4.90 Å². The number of benzene rings is 1. The molecule has 0 spiro atoms. The zero-order chi connectivity index (χ0) is 16.8. The number of carbonyl (C=O) groups excluding carboxylic acids is 2. The summed E-state index contributed by atoms with van der Waals surface area (Å²) in [6.45, 7) is 4.06. The van der Waals surface area contributed by atoms with Gasteiger partial charge in [0.15, 0.2) is 6.04 Å². The summed E-state index contributed by atoms with van der Waals surface area (Å²) in [5.74, 6) is 0.581. The van der Waals surface area contributed by atoms with Gasteiger partial charge in [0, 0.05) is 25.3 Å². The summed E-state index contributed by atoms with van der Waals surface area (Å²) in [6.07, 6.45) is 1.53. The van der Waals surface area contributed by atoms with Crippen LogP contribution in [0.2, 0.25) is 0 Å². The van der Waals surface area contributed by atoms with E-state index in [1.54, 1.807) is 7.11 Å². The minimum absolute atomic E-state index is 0.0340. The molecule has 0 radical (unpaired) electrons. The molecule has 1 heterocycles. The maximum atomic E-state index is 12.3. The standard InChI is InChI=1S/C17H25N3O3/c1-12(20-9-7-14(8-10-20)16(18)21)17(22)19-11-13-3-5-15(23-2)6-4-13/h3-6,12,14H,7-11H2,1-2H3,(H2,18,21)(H,19,22)/p+1/t12-/m0/s1. The Morgan fingerprint density at radius 2 is 1.91 bits per heavy atom. The fourth-order valence-corrected chi connectivity index (χ4v) is 2.98. The average molecular weight is 320 g/mol. The molecule has 1 atom stereocenters. The lowest BCUT2D eigenvalue weighted by Gasteiger charge is -2.31. The molecule has 6 nitrogen and oxygen atoms in total. The summed E-state index contributed by atoms with van der Waals surface area (Å²) in [7, 11) is 1.63. The lowest BCUT2D eigenvalue weighted by molar-refractivity contribution is -0.919. The first-order valence-corrected chi connectivity index (χ1v) is 8.05. The van der Waals surface area contributed by atoms with Crippen molar-refractivity contribution in [3.8, 4) is 5.75 Å². The molecule has 0 aliphatic carbocycles. The van der Waals surface area contributed by atoms with Gasteiger partial charge in [-0.2, -0.15) is 0 Å². The number of nitrogens with one attached hydrogen (secondary N) is 2. The van der Waals surface area contributed by atoms with Crippen molar-refractivity contribution in [2.75, 3.05) is 20.2 Å². The smallest absolute Gasteiger partial charge is 0.278 e. The molecule has 126 valence electrons. The minimum Gasteiger partial charge on any atom is -0.497 e. The Balaban J connectivity index is 1.79. The van der Waals surface area contributed by atoms with Crippen LogP contribution in [0, 0.1) is 5.92 Å². The van der Waals surface area contributed by atoms with Crippen LogP contribution in [-0.4, -0.2) is 38.1 Å². The molecule has 0 aromatic heterocycles. The van der Waals surface area contributed by atoms with Crippen LogP contribution < -0.4 is 20.7 Å². The molecule has 2 amide bonds. The van der Waals surface area contributed by atoms with Crippen molar-refractivity contribution in [3.63, 3.8) is 0 Å². The van der Waals surface area contributed by atoms with Crippen molar-refractivity contribution in [2.24, 2.45) is 11.7 Å². The van der Waals surface area contributed by atoms with Gasteiger partial charge in [-0.1, -0.05) is 12.1 Å². The van der Waals surface area contributed by atoms with Gasteiger partial charge in [-0.25, -0.2) is 0 Å². The van der Waals surface area contributed by atoms with Crippen LogP contribution >= 0.6 is 0 Å². The summed E-state index contributed by atoms with van der Waals surface area (Å²) >= 11 is 0. The van der Waals surface area contributed by atoms with Gasteiger partial charge < -0.3 is 20.7 Å². The predicted octanol–water partition coefficient (Wildman–Crippen LogP) is -0.520. The number of piperidine rings is 1. The summed E-state index contributed by atoms with van der Waals surface area (Å²) in [4.78, 5) is 24.7. The van der Waals surface area contributed by atoms with Crippen molar-refractivity contribution in [3.05, 3.63) is 29.8 Å². The molecule has 0 saturated carbocycles. The molecule has 1 fully saturated rings. The van der Waals surface area contributed by atoms with Crippen LogP contribution in [-0.2, 0) is 16.1 Å². The molecule has 0 unspecified atom stereocenters. The predicted molar refractivity (Wildman–Crippen MR) is 86.9 cm³/mol. The fourth-order valence-electron chi connectivity index (χ4n) is 2.98. The van der Waals surface area contributed by atoms with Crippen molar-refractivity contribution in [1.29, 1.82) is 0 Å². The number of amides is 2. The molecule has 4 N–H and O–H groups in total. The molecule has 1 aliphatic rings. The first-order valence-electron chi connectivity index (χ1n) is 8.05. The highest BCUT2D eigenvalue weighted by Gasteiger charge is 2.31. The number of ether oxygens (including phenoxy) is 1. The third-order valence-electron chi connectivity index (χ3n) is 4.66. The van der Waals surface area contributed by atoms with E-state index in [0.29, 0.717) is 6.54 Å². The van der Waals surface area contributed by atoms with Gasteiger partial charge in [-0.3, -0.25) is 9.59 Å². The SMILES string of the molecule is COc1ccc(CNC(=O)[C@H](C)[NH+]2CCC(C(N)=O)CC2)cc1. The van der Waals surface area contributed by atoms with Crippen LogP contribution in [0.5, 0.6) is 5.75 Å². The van der Waals surface area contributed by atoms with E-state index in [0.717, 1.165) is 37.2 Å². The third-order valence-corrected chi connectivity index (χ3v) is 4.66. The van der Waals surface area contributed by atoms with E-state index >= 15 is 0 Å². The van der Waals surface area contributed by atoms with E-state index in [4.69, 9.17) is 10.5 Å². The second kappa shape index (κ2) is 7.97. The first kappa shape index (κ1) is 17.3. The van der Waals surface area contributed by atoms with E-state index in [1.807, 2.05) is 31.2 Å². The Morgan fingerprint density at radius 3 is 2.43 bits per heavy atom. The molecule has 1 aromatic carbocycles. The summed E-state index contributed by atoms with van der Waals surface area (Å²) < 4.78 is 5.11.